The minimum absolute atomic E-state index is 0.0183. The van der Waals surface area contributed by atoms with Crippen LogP contribution in [-0.4, -0.2) is 44.8 Å². The molecular weight excluding hydrogens is 545 g/mol. The van der Waals surface area contributed by atoms with E-state index in [9.17, 15) is 18.0 Å². The molecule has 0 heterocycles. The van der Waals surface area contributed by atoms with Crippen molar-refractivity contribution in [2.75, 3.05) is 17.9 Å². The number of benzene rings is 3. The van der Waals surface area contributed by atoms with E-state index in [4.69, 9.17) is 34.8 Å². The van der Waals surface area contributed by atoms with E-state index in [1.54, 1.807) is 49.4 Å². The van der Waals surface area contributed by atoms with Crippen molar-refractivity contribution in [1.82, 2.24) is 10.2 Å². The van der Waals surface area contributed by atoms with Crippen LogP contribution in [0.1, 0.15) is 12.5 Å². The van der Waals surface area contributed by atoms with Crippen LogP contribution in [0.25, 0.3) is 0 Å². The van der Waals surface area contributed by atoms with Crippen molar-refractivity contribution < 1.29 is 18.0 Å². The van der Waals surface area contributed by atoms with E-state index >= 15 is 0 Å². The first-order valence-electron chi connectivity index (χ1n) is 10.8. The Kier molecular flexibility index (Phi) is 9.24. The van der Waals surface area contributed by atoms with Gasteiger partial charge in [-0.15, -0.1) is 0 Å². The van der Waals surface area contributed by atoms with Crippen molar-refractivity contribution in [2.45, 2.75) is 24.4 Å². The molecule has 3 rings (SSSR count). The summed E-state index contributed by atoms with van der Waals surface area (Å²) in [5, 5.41) is 3.25. The van der Waals surface area contributed by atoms with Crippen LogP contribution in [0.4, 0.5) is 5.69 Å². The van der Waals surface area contributed by atoms with E-state index in [1.165, 1.54) is 42.3 Å². The quantitative estimate of drug-likeness (QED) is 0.393. The fourth-order valence-corrected chi connectivity index (χ4v) is 5.59. The Hall–Kier alpha value is -2.78. The third-order valence-corrected chi connectivity index (χ3v) is 8.20. The molecule has 0 aliphatic carbocycles. The van der Waals surface area contributed by atoms with Gasteiger partial charge in [0.25, 0.3) is 10.0 Å². The predicted octanol–water partition coefficient (Wildman–Crippen LogP) is 5.01. The van der Waals surface area contributed by atoms with Gasteiger partial charge in [0, 0.05) is 23.6 Å². The summed E-state index contributed by atoms with van der Waals surface area (Å²) in [6, 6.07) is 18.0. The maximum absolute atomic E-state index is 13.7. The number of amides is 2. The first-order chi connectivity index (χ1) is 17.1. The number of hydrogen-bond acceptors (Lipinski definition) is 4. The van der Waals surface area contributed by atoms with E-state index in [1.807, 2.05) is 0 Å². The van der Waals surface area contributed by atoms with Gasteiger partial charge in [0.2, 0.25) is 11.8 Å². The number of anilines is 1. The molecule has 0 bridgehead atoms. The highest BCUT2D eigenvalue weighted by Crippen LogP contribution is 2.33. The molecule has 0 aliphatic heterocycles. The zero-order valence-corrected chi connectivity index (χ0v) is 22.6. The number of rotatable bonds is 9. The van der Waals surface area contributed by atoms with Crippen molar-refractivity contribution in [3.05, 3.63) is 93.4 Å². The lowest BCUT2D eigenvalue weighted by atomic mass is 10.1. The molecule has 0 unspecified atom stereocenters. The van der Waals surface area contributed by atoms with Crippen LogP contribution >= 0.6 is 34.8 Å². The summed E-state index contributed by atoms with van der Waals surface area (Å²) >= 11 is 18.8. The molecule has 190 valence electrons. The standard InChI is InChI=1S/C25H24Cl3N3O4S/c1-17(25(33)29-2)30(15-18-8-6-7-11-21(18)27)24(32)16-31(23-14-19(26)12-13-22(23)28)36(34,35)20-9-4-3-5-10-20/h3-14,17H,15-16H2,1-2H3,(H,29,33)/t17-/m1/s1. The third kappa shape index (κ3) is 6.31. The molecule has 0 spiro atoms. The number of carbonyl (C=O) groups excluding carboxylic acids is 2. The predicted molar refractivity (Wildman–Crippen MR) is 143 cm³/mol. The van der Waals surface area contributed by atoms with E-state index < -0.39 is 34.4 Å². The SMILES string of the molecule is CNC(=O)[C@@H](C)N(Cc1ccccc1Cl)C(=O)CN(c1cc(Cl)ccc1Cl)S(=O)(=O)c1ccccc1. The molecule has 3 aromatic rings. The molecule has 0 aliphatic rings. The fourth-order valence-electron chi connectivity index (χ4n) is 3.51. The first kappa shape index (κ1) is 27.8. The minimum Gasteiger partial charge on any atom is -0.357 e. The largest absolute Gasteiger partial charge is 0.357 e. The summed E-state index contributed by atoms with van der Waals surface area (Å²) in [5.74, 6) is -1.06. The Morgan fingerprint density at radius 2 is 1.56 bits per heavy atom. The molecule has 1 N–H and O–H groups in total. The van der Waals surface area contributed by atoms with E-state index in [0.717, 1.165) is 4.31 Å². The lowest BCUT2D eigenvalue weighted by Gasteiger charge is -2.32. The molecule has 0 saturated carbocycles. The van der Waals surface area contributed by atoms with Gasteiger partial charge in [-0.05, 0) is 48.9 Å². The Bertz CT molecular complexity index is 1350. The number of likely N-dealkylation sites (N-methyl/N-ethyl adjacent to an activating group) is 1. The van der Waals surface area contributed by atoms with Crippen molar-refractivity contribution >= 4 is 62.3 Å². The second-order valence-electron chi connectivity index (χ2n) is 7.82. The molecular formula is C25H24Cl3N3O4S. The van der Waals surface area contributed by atoms with Gasteiger partial charge in [0.1, 0.15) is 12.6 Å². The highest BCUT2D eigenvalue weighted by molar-refractivity contribution is 7.92. The van der Waals surface area contributed by atoms with Gasteiger partial charge in [-0.25, -0.2) is 8.42 Å². The highest BCUT2D eigenvalue weighted by atomic mass is 35.5. The molecule has 0 aromatic heterocycles. The normalized spacial score (nSPS) is 12.0. The maximum atomic E-state index is 13.7. The summed E-state index contributed by atoms with van der Waals surface area (Å²) in [6.07, 6.45) is 0. The van der Waals surface area contributed by atoms with Gasteiger partial charge >= 0.3 is 0 Å². The highest BCUT2D eigenvalue weighted by Gasteiger charge is 2.33. The van der Waals surface area contributed by atoms with Gasteiger partial charge in [0.15, 0.2) is 0 Å². The number of nitrogens with one attached hydrogen (secondary N) is 1. The minimum atomic E-state index is -4.24. The van der Waals surface area contributed by atoms with Gasteiger partial charge in [-0.1, -0.05) is 71.2 Å². The second kappa shape index (κ2) is 12.0. The summed E-state index contributed by atoms with van der Waals surface area (Å²) in [7, 11) is -2.79. The number of halogens is 3. The molecule has 7 nitrogen and oxygen atoms in total. The summed E-state index contributed by atoms with van der Waals surface area (Å²) < 4.78 is 28.3. The van der Waals surface area contributed by atoms with Gasteiger partial charge in [0.05, 0.1) is 15.6 Å². The number of nitrogens with zero attached hydrogens (tertiary/aromatic N) is 2. The van der Waals surface area contributed by atoms with E-state index in [-0.39, 0.29) is 27.2 Å². The molecule has 1 atom stereocenters. The van der Waals surface area contributed by atoms with Crippen LogP contribution in [0.15, 0.2) is 77.7 Å². The average molecular weight is 569 g/mol. The van der Waals surface area contributed by atoms with Crippen LogP contribution in [0.2, 0.25) is 15.1 Å². The van der Waals surface area contributed by atoms with E-state index in [2.05, 4.69) is 5.32 Å². The van der Waals surface area contributed by atoms with Crippen molar-refractivity contribution in [1.29, 1.82) is 0 Å². The lowest BCUT2D eigenvalue weighted by Crippen LogP contribution is -2.50. The monoisotopic (exact) mass is 567 g/mol. The molecule has 0 saturated heterocycles. The summed E-state index contributed by atoms with van der Waals surface area (Å²) in [6.45, 7) is 0.897. The van der Waals surface area contributed by atoms with Crippen LogP contribution in [0, 0.1) is 0 Å². The van der Waals surface area contributed by atoms with Crippen LogP contribution in [0.3, 0.4) is 0 Å². The zero-order valence-electron chi connectivity index (χ0n) is 19.5. The first-order valence-corrected chi connectivity index (χ1v) is 13.4. The topological polar surface area (TPSA) is 86.8 Å². The Labute approximate surface area is 225 Å². The van der Waals surface area contributed by atoms with Crippen molar-refractivity contribution in [3.8, 4) is 0 Å². The molecule has 11 heteroatoms. The summed E-state index contributed by atoms with van der Waals surface area (Å²) in [4.78, 5) is 27.4. The molecule has 3 aromatic carbocycles. The zero-order chi connectivity index (χ0) is 26.5. The Morgan fingerprint density at radius 1 is 0.917 bits per heavy atom. The summed E-state index contributed by atoms with van der Waals surface area (Å²) in [5.41, 5.74) is 0.633. The van der Waals surface area contributed by atoms with Crippen LogP contribution in [-0.2, 0) is 26.2 Å². The van der Waals surface area contributed by atoms with Gasteiger partial charge in [-0.2, -0.15) is 0 Å². The second-order valence-corrected chi connectivity index (χ2v) is 10.9. The smallest absolute Gasteiger partial charge is 0.264 e. The van der Waals surface area contributed by atoms with E-state index in [0.29, 0.717) is 10.6 Å². The number of sulfonamides is 1. The Morgan fingerprint density at radius 3 is 2.19 bits per heavy atom. The van der Waals surface area contributed by atoms with Gasteiger partial charge in [-0.3, -0.25) is 13.9 Å². The van der Waals surface area contributed by atoms with Crippen LogP contribution < -0.4 is 9.62 Å². The fraction of sp³-hybridized carbons (Fsp3) is 0.200. The van der Waals surface area contributed by atoms with Gasteiger partial charge < -0.3 is 10.2 Å². The Balaban J connectivity index is 2.08. The lowest BCUT2D eigenvalue weighted by molar-refractivity contribution is -0.139. The van der Waals surface area contributed by atoms with Crippen molar-refractivity contribution in [2.24, 2.45) is 0 Å². The van der Waals surface area contributed by atoms with Crippen molar-refractivity contribution in [3.63, 3.8) is 0 Å². The van der Waals surface area contributed by atoms with Crippen LogP contribution in [0.5, 0.6) is 0 Å². The number of carbonyl (C=O) groups is 2. The molecule has 0 fully saturated rings. The average Bonchev–Trinajstić information content (AvgIpc) is 2.87. The number of hydrogen-bond donors (Lipinski definition) is 1. The molecule has 2 amide bonds. The third-order valence-electron chi connectivity index (χ3n) is 5.50. The molecule has 36 heavy (non-hydrogen) atoms. The maximum Gasteiger partial charge on any atom is 0.264 e. The molecule has 0 radical (unpaired) electrons.